The maximum atomic E-state index is 13.5. The molecular weight excluding hydrogens is 807 g/mol. The van der Waals surface area contributed by atoms with E-state index in [1.165, 1.54) is 83.1 Å². The van der Waals surface area contributed by atoms with Crippen LogP contribution in [0.15, 0.2) is 0 Å². The fourth-order valence-corrected chi connectivity index (χ4v) is 10.5. The Hall–Kier alpha value is -3.96. The molecule has 0 saturated carbocycles. The molecule has 0 aromatic carbocycles. The predicted octanol–water partition coefficient (Wildman–Crippen LogP) is 2.88. The van der Waals surface area contributed by atoms with Crippen molar-refractivity contribution in [2.75, 3.05) is 0 Å². The average molecular weight is 860 g/mol. The molecule has 4 unspecified atom stereocenters. The number of hydrogen-bond donors (Lipinski definition) is 0. The van der Waals surface area contributed by atoms with Crippen LogP contribution in [0, 0.1) is 45.3 Å². The first-order chi connectivity index (χ1) is 23.4. The summed E-state index contributed by atoms with van der Waals surface area (Å²) >= 11 is -7.69. The Bertz CT molecular complexity index is 1350. The van der Waals surface area contributed by atoms with E-state index in [0.717, 1.165) is 27.7 Å². The molecule has 0 radical (unpaired) electrons. The van der Waals surface area contributed by atoms with Gasteiger partial charge in [-0.1, -0.05) is 0 Å². The van der Waals surface area contributed by atoms with E-state index in [-0.39, 0.29) is 0 Å². The van der Waals surface area contributed by atoms with Crippen LogP contribution in [-0.2, 0) is 69.8 Å². The molecule has 0 aromatic heterocycles. The molecule has 0 aliphatic carbocycles. The van der Waals surface area contributed by atoms with Gasteiger partial charge in [-0.3, -0.25) is 0 Å². The summed E-state index contributed by atoms with van der Waals surface area (Å²) in [6, 6.07) is 0. The summed E-state index contributed by atoms with van der Waals surface area (Å²) in [6.45, 7) is 20.6. The summed E-state index contributed by atoms with van der Waals surface area (Å²) in [5.74, 6) is -25.4. The van der Waals surface area contributed by atoms with E-state index in [4.69, 9.17) is 12.3 Å². The third kappa shape index (κ3) is 13.1. The van der Waals surface area contributed by atoms with Gasteiger partial charge in [-0.2, -0.15) is 0 Å². The minimum atomic E-state index is -7.69. The van der Waals surface area contributed by atoms with E-state index in [9.17, 15) is 57.5 Å². The number of hydrogen-bond acceptors (Lipinski definition) is 16. The van der Waals surface area contributed by atoms with Crippen LogP contribution in [0.1, 0.15) is 111 Å². The summed E-state index contributed by atoms with van der Waals surface area (Å²) in [4.78, 5) is 158. The van der Waals surface area contributed by atoms with Gasteiger partial charge in [0.15, 0.2) is 0 Å². The molecule has 0 heterocycles. The number of carbonyl (C=O) groups is 12. The number of ketones is 8. The van der Waals surface area contributed by atoms with Crippen LogP contribution in [0.3, 0.4) is 0 Å². The van der Waals surface area contributed by atoms with Crippen molar-refractivity contribution in [3.05, 3.63) is 0 Å². The molecule has 0 saturated heterocycles. The monoisotopic (exact) mass is 860 g/mol. The first-order valence-electron chi connectivity index (χ1n) is 16.5. The second kappa shape index (κ2) is 17.5. The van der Waals surface area contributed by atoms with Crippen LogP contribution < -0.4 is 0 Å². The number of carbonyl (C=O) groups excluding carboxylic acids is 12. The van der Waals surface area contributed by atoms with Crippen LogP contribution >= 0.6 is 0 Å². The molecule has 0 amide bonds. The van der Waals surface area contributed by atoms with E-state index >= 15 is 0 Å². The van der Waals surface area contributed by atoms with Crippen LogP contribution in [-0.4, -0.2) is 90.2 Å². The second-order valence-electron chi connectivity index (χ2n) is 17.2. The summed E-state index contributed by atoms with van der Waals surface area (Å²) in [7, 11) is 0. The Labute approximate surface area is 315 Å². The SMILES string of the molecule is CC(=O)C(C(=O)C(=O)[O][Sn]([O]C(=O)C(=O)C(C(C)=O)C(C)(C)C)([O]C(=O)C(=O)C(C(C)=O)C(C)(C)C)[O]C(=O)C(=O)C(C(C)=O)C(C)(C)C)C(C)(C)C. The minimum absolute atomic E-state index is 0.856. The molecule has 0 aromatic rings. The first-order valence-corrected chi connectivity index (χ1v) is 21.2. The molecule has 296 valence electrons. The third-order valence-electron chi connectivity index (χ3n) is 7.81. The predicted molar refractivity (Wildman–Crippen MR) is 185 cm³/mol. The van der Waals surface area contributed by atoms with E-state index in [0.29, 0.717) is 0 Å². The van der Waals surface area contributed by atoms with Gasteiger partial charge in [-0.05, 0) is 0 Å². The van der Waals surface area contributed by atoms with Crippen molar-refractivity contribution in [2.45, 2.75) is 111 Å². The van der Waals surface area contributed by atoms with E-state index in [1.807, 2.05) is 0 Å². The van der Waals surface area contributed by atoms with Crippen LogP contribution in [0.2, 0.25) is 0 Å². The number of rotatable bonds is 16. The van der Waals surface area contributed by atoms with Gasteiger partial charge in [0.25, 0.3) is 0 Å². The molecule has 0 aliphatic heterocycles. The second-order valence-corrected chi connectivity index (χ2v) is 22.3. The summed E-state index contributed by atoms with van der Waals surface area (Å²) in [6.07, 6.45) is 0. The summed E-state index contributed by atoms with van der Waals surface area (Å²) < 4.78 is 20.4. The first kappa shape index (κ1) is 49.0. The Morgan fingerprint density at radius 2 is 0.453 bits per heavy atom. The van der Waals surface area contributed by atoms with Gasteiger partial charge in [0, 0.05) is 0 Å². The summed E-state index contributed by atoms with van der Waals surface area (Å²) in [5, 5.41) is 0. The zero-order valence-corrected chi connectivity index (χ0v) is 36.2. The molecule has 17 heteroatoms. The van der Waals surface area contributed by atoms with Crippen molar-refractivity contribution in [2.24, 2.45) is 45.3 Å². The molecule has 0 N–H and O–H groups in total. The fourth-order valence-electron chi connectivity index (χ4n) is 6.00. The molecule has 0 bridgehead atoms. The molecule has 53 heavy (non-hydrogen) atoms. The fraction of sp³-hybridized carbons (Fsp3) is 0.667. The molecule has 0 spiro atoms. The Morgan fingerprint density at radius 3 is 0.547 bits per heavy atom. The van der Waals surface area contributed by atoms with Crippen molar-refractivity contribution in [1.29, 1.82) is 0 Å². The number of Topliss-reactive ketones (excluding diaryl/α,β-unsaturated/α-hetero) is 8. The molecule has 0 fully saturated rings. The van der Waals surface area contributed by atoms with Crippen LogP contribution in [0.5, 0.6) is 0 Å². The van der Waals surface area contributed by atoms with E-state index < -0.39 is 136 Å². The third-order valence-corrected chi connectivity index (χ3v) is 12.8. The van der Waals surface area contributed by atoms with E-state index in [2.05, 4.69) is 0 Å². The molecule has 0 aliphatic rings. The van der Waals surface area contributed by atoms with Crippen LogP contribution in [0.25, 0.3) is 0 Å². The van der Waals surface area contributed by atoms with Gasteiger partial charge in [0.2, 0.25) is 0 Å². The normalized spacial score (nSPS) is 15.5. The van der Waals surface area contributed by atoms with Gasteiger partial charge in [-0.25, -0.2) is 0 Å². The van der Waals surface area contributed by atoms with Gasteiger partial charge in [0.05, 0.1) is 0 Å². The molecule has 0 rings (SSSR count). The Balaban J connectivity index is 8.00. The zero-order valence-electron chi connectivity index (χ0n) is 33.3. The average Bonchev–Trinajstić information content (AvgIpc) is 2.88. The standard InChI is InChI=1S/4C9H14O4.Sn/c4*1-5(10)6(9(2,3)4)7(11)8(12)13;/h4*6H,1-4H3,(H,12,13);/q;;;;+4/p-4. The molecular formula is C36H52O16Sn. The van der Waals surface area contributed by atoms with Gasteiger partial charge in [-0.15, -0.1) is 0 Å². The van der Waals surface area contributed by atoms with Gasteiger partial charge in [0.1, 0.15) is 0 Å². The quantitative estimate of drug-likeness (QED) is 0.123. The van der Waals surface area contributed by atoms with Crippen molar-refractivity contribution in [3.8, 4) is 0 Å². The van der Waals surface area contributed by atoms with Crippen LogP contribution in [0.4, 0.5) is 0 Å². The van der Waals surface area contributed by atoms with E-state index in [1.54, 1.807) is 0 Å². The van der Waals surface area contributed by atoms with Crippen molar-refractivity contribution in [1.82, 2.24) is 0 Å². The Morgan fingerprint density at radius 1 is 0.321 bits per heavy atom. The van der Waals surface area contributed by atoms with Gasteiger partial charge >= 0.3 is 316 Å². The van der Waals surface area contributed by atoms with Crippen molar-refractivity contribution in [3.63, 3.8) is 0 Å². The topological polar surface area (TPSA) is 242 Å². The summed E-state index contributed by atoms with van der Waals surface area (Å²) in [5.41, 5.74) is -5.07. The van der Waals surface area contributed by atoms with Crippen molar-refractivity contribution < 1.29 is 69.8 Å². The van der Waals surface area contributed by atoms with Crippen molar-refractivity contribution >= 4 is 90.2 Å². The zero-order chi connectivity index (χ0) is 42.6. The molecule has 4 atom stereocenters. The Kier molecular flexibility index (Phi) is 16.1. The molecule has 16 nitrogen and oxygen atoms in total. The maximum absolute atomic E-state index is 13.5. The van der Waals surface area contributed by atoms with Gasteiger partial charge < -0.3 is 0 Å².